The number of nitrogen functional groups attached to an aromatic ring is 1. The average molecular weight is 304 g/mol. The maximum Gasteiger partial charge on any atom is 0.256 e. The van der Waals surface area contributed by atoms with Crippen molar-refractivity contribution in [2.24, 2.45) is 0 Å². The molecule has 2 aromatic carbocycles. The minimum atomic E-state index is -0.200. The number of aromatic nitrogens is 2. The van der Waals surface area contributed by atoms with Gasteiger partial charge < -0.3 is 11.1 Å². The number of anilines is 2. The summed E-state index contributed by atoms with van der Waals surface area (Å²) in [6, 6.07) is 15.7. The molecule has 0 aliphatic heterocycles. The number of nitrogens with zero attached hydrogens (tertiary/aromatic N) is 2. The van der Waals surface area contributed by atoms with Crippen molar-refractivity contribution in [3.05, 3.63) is 72.1 Å². The molecule has 0 atom stereocenters. The molecule has 0 saturated carbocycles. The van der Waals surface area contributed by atoms with Crippen LogP contribution < -0.4 is 11.1 Å². The SMILES string of the molecule is Cc1c(C(=O)Nc2cnc(N)nc2)cccc1-c1ccccc1. The molecule has 3 rings (SSSR count). The summed E-state index contributed by atoms with van der Waals surface area (Å²) < 4.78 is 0. The predicted octanol–water partition coefficient (Wildman–Crippen LogP) is 3.29. The van der Waals surface area contributed by atoms with Crippen LogP contribution in [0.3, 0.4) is 0 Å². The molecule has 0 aliphatic rings. The summed E-state index contributed by atoms with van der Waals surface area (Å²) in [6.07, 6.45) is 2.97. The van der Waals surface area contributed by atoms with Gasteiger partial charge in [-0.15, -0.1) is 0 Å². The number of rotatable bonds is 3. The third-order valence-corrected chi connectivity index (χ3v) is 3.59. The Bertz CT molecular complexity index is 829. The Morgan fingerprint density at radius 1 is 1.00 bits per heavy atom. The zero-order valence-corrected chi connectivity index (χ0v) is 12.7. The number of carbonyl (C=O) groups excluding carboxylic acids is 1. The fourth-order valence-electron chi connectivity index (χ4n) is 2.41. The maximum absolute atomic E-state index is 12.5. The Hall–Kier alpha value is -3.21. The maximum atomic E-state index is 12.5. The molecule has 1 amide bonds. The lowest BCUT2D eigenvalue weighted by atomic mass is 9.96. The van der Waals surface area contributed by atoms with Crippen molar-refractivity contribution in [1.82, 2.24) is 9.97 Å². The van der Waals surface area contributed by atoms with Crippen molar-refractivity contribution in [3.63, 3.8) is 0 Å². The van der Waals surface area contributed by atoms with Gasteiger partial charge in [-0.1, -0.05) is 42.5 Å². The summed E-state index contributed by atoms with van der Waals surface area (Å²) in [4.78, 5) is 20.2. The normalized spacial score (nSPS) is 10.3. The van der Waals surface area contributed by atoms with Crippen molar-refractivity contribution < 1.29 is 4.79 Å². The van der Waals surface area contributed by atoms with Gasteiger partial charge in [0.25, 0.3) is 5.91 Å². The van der Waals surface area contributed by atoms with E-state index in [9.17, 15) is 4.79 Å². The fourth-order valence-corrected chi connectivity index (χ4v) is 2.41. The first kappa shape index (κ1) is 14.7. The van der Waals surface area contributed by atoms with E-state index in [1.54, 1.807) is 6.07 Å². The molecule has 5 heteroatoms. The molecular weight excluding hydrogens is 288 g/mol. The van der Waals surface area contributed by atoms with Crippen LogP contribution in [0.4, 0.5) is 11.6 Å². The highest BCUT2D eigenvalue weighted by Crippen LogP contribution is 2.26. The van der Waals surface area contributed by atoms with E-state index in [2.05, 4.69) is 15.3 Å². The molecule has 0 fully saturated rings. The second-order valence-corrected chi connectivity index (χ2v) is 5.13. The first-order valence-corrected chi connectivity index (χ1v) is 7.19. The van der Waals surface area contributed by atoms with E-state index < -0.39 is 0 Å². The number of nitrogens with two attached hydrogens (primary N) is 1. The molecule has 0 aliphatic carbocycles. The minimum absolute atomic E-state index is 0.172. The summed E-state index contributed by atoms with van der Waals surface area (Å²) >= 11 is 0. The number of carbonyl (C=O) groups is 1. The number of nitrogens with one attached hydrogen (secondary N) is 1. The van der Waals surface area contributed by atoms with Gasteiger partial charge in [0.15, 0.2) is 0 Å². The van der Waals surface area contributed by atoms with Gasteiger partial charge in [0.05, 0.1) is 18.1 Å². The van der Waals surface area contributed by atoms with Crippen molar-refractivity contribution in [1.29, 1.82) is 0 Å². The van der Waals surface area contributed by atoms with Gasteiger partial charge in [-0.05, 0) is 29.7 Å². The lowest BCUT2D eigenvalue weighted by Gasteiger charge is -2.12. The molecule has 0 radical (unpaired) electrons. The van der Waals surface area contributed by atoms with E-state index in [0.29, 0.717) is 11.3 Å². The molecule has 5 nitrogen and oxygen atoms in total. The molecular formula is C18H16N4O. The first-order valence-electron chi connectivity index (χ1n) is 7.19. The lowest BCUT2D eigenvalue weighted by Crippen LogP contribution is -2.14. The summed E-state index contributed by atoms with van der Waals surface area (Å²) in [6.45, 7) is 1.94. The van der Waals surface area contributed by atoms with Crippen LogP contribution in [0.25, 0.3) is 11.1 Å². The topological polar surface area (TPSA) is 80.9 Å². The Morgan fingerprint density at radius 2 is 1.70 bits per heavy atom. The van der Waals surface area contributed by atoms with Crippen molar-refractivity contribution in [2.45, 2.75) is 6.92 Å². The van der Waals surface area contributed by atoms with Crippen LogP contribution in [0.1, 0.15) is 15.9 Å². The molecule has 3 N–H and O–H groups in total. The van der Waals surface area contributed by atoms with Gasteiger partial charge in [0, 0.05) is 5.56 Å². The standard InChI is InChI=1S/C18H16N4O/c1-12-15(13-6-3-2-4-7-13)8-5-9-16(12)17(23)22-14-10-20-18(19)21-11-14/h2-11H,1H3,(H,22,23)(H2,19,20,21). The quantitative estimate of drug-likeness (QED) is 0.778. The predicted molar refractivity (Wildman–Crippen MR) is 91.0 cm³/mol. The van der Waals surface area contributed by atoms with Crippen LogP contribution in [0, 0.1) is 6.92 Å². The Kier molecular flexibility index (Phi) is 4.01. The summed E-state index contributed by atoms with van der Waals surface area (Å²) in [5.74, 6) is -0.0288. The number of hydrogen-bond acceptors (Lipinski definition) is 4. The zero-order chi connectivity index (χ0) is 16.2. The van der Waals surface area contributed by atoms with Gasteiger partial charge in [-0.25, -0.2) is 9.97 Å². The molecule has 23 heavy (non-hydrogen) atoms. The molecule has 3 aromatic rings. The van der Waals surface area contributed by atoms with Crippen LogP contribution in [0.2, 0.25) is 0 Å². The molecule has 0 saturated heterocycles. The van der Waals surface area contributed by atoms with Crippen molar-refractivity contribution in [3.8, 4) is 11.1 Å². The number of hydrogen-bond donors (Lipinski definition) is 2. The van der Waals surface area contributed by atoms with E-state index >= 15 is 0 Å². The molecule has 0 spiro atoms. The fraction of sp³-hybridized carbons (Fsp3) is 0.0556. The van der Waals surface area contributed by atoms with Crippen LogP contribution >= 0.6 is 0 Å². The van der Waals surface area contributed by atoms with Gasteiger partial charge in [0.1, 0.15) is 0 Å². The molecule has 0 bridgehead atoms. The monoisotopic (exact) mass is 304 g/mol. The summed E-state index contributed by atoms with van der Waals surface area (Å²) in [5, 5.41) is 2.79. The minimum Gasteiger partial charge on any atom is -0.368 e. The van der Waals surface area contributed by atoms with Gasteiger partial charge in [-0.3, -0.25) is 4.79 Å². The third-order valence-electron chi connectivity index (χ3n) is 3.59. The Labute approximate surface area is 134 Å². The molecule has 114 valence electrons. The second-order valence-electron chi connectivity index (χ2n) is 5.13. The number of amides is 1. The van der Waals surface area contributed by atoms with Crippen LogP contribution in [-0.2, 0) is 0 Å². The third kappa shape index (κ3) is 3.18. The highest BCUT2D eigenvalue weighted by atomic mass is 16.1. The van der Waals surface area contributed by atoms with E-state index in [1.165, 1.54) is 12.4 Å². The van der Waals surface area contributed by atoms with Crippen LogP contribution in [0.15, 0.2) is 60.9 Å². The van der Waals surface area contributed by atoms with Gasteiger partial charge in [-0.2, -0.15) is 0 Å². The van der Waals surface area contributed by atoms with E-state index in [4.69, 9.17) is 5.73 Å². The second kappa shape index (κ2) is 6.27. The van der Waals surface area contributed by atoms with Gasteiger partial charge in [0.2, 0.25) is 5.95 Å². The van der Waals surface area contributed by atoms with Crippen LogP contribution in [-0.4, -0.2) is 15.9 Å². The van der Waals surface area contributed by atoms with E-state index in [0.717, 1.165) is 16.7 Å². The van der Waals surface area contributed by atoms with Crippen molar-refractivity contribution in [2.75, 3.05) is 11.1 Å². The molecule has 1 aromatic heterocycles. The van der Waals surface area contributed by atoms with E-state index in [1.807, 2.05) is 49.4 Å². The largest absolute Gasteiger partial charge is 0.368 e. The van der Waals surface area contributed by atoms with Crippen LogP contribution in [0.5, 0.6) is 0 Å². The van der Waals surface area contributed by atoms with E-state index in [-0.39, 0.29) is 11.9 Å². The summed E-state index contributed by atoms with van der Waals surface area (Å²) in [7, 11) is 0. The lowest BCUT2D eigenvalue weighted by molar-refractivity contribution is 0.102. The highest BCUT2D eigenvalue weighted by molar-refractivity contribution is 6.06. The molecule has 1 heterocycles. The Balaban J connectivity index is 1.91. The smallest absolute Gasteiger partial charge is 0.256 e. The first-order chi connectivity index (χ1) is 11.1. The summed E-state index contributed by atoms with van der Waals surface area (Å²) in [5.41, 5.74) is 9.60. The zero-order valence-electron chi connectivity index (χ0n) is 12.7. The molecule has 0 unspecified atom stereocenters. The van der Waals surface area contributed by atoms with Gasteiger partial charge >= 0.3 is 0 Å². The Morgan fingerprint density at radius 3 is 2.39 bits per heavy atom. The van der Waals surface area contributed by atoms with Crippen molar-refractivity contribution >= 4 is 17.5 Å². The number of benzene rings is 2. The average Bonchev–Trinajstić information content (AvgIpc) is 2.58. The highest BCUT2D eigenvalue weighted by Gasteiger charge is 2.13.